The summed E-state index contributed by atoms with van der Waals surface area (Å²) >= 11 is 0. The molecule has 0 aliphatic carbocycles. The highest BCUT2D eigenvalue weighted by Gasteiger charge is 2.08. The van der Waals surface area contributed by atoms with Crippen molar-refractivity contribution in [1.29, 1.82) is 0 Å². The van der Waals surface area contributed by atoms with Crippen molar-refractivity contribution in [3.05, 3.63) is 36.7 Å². The molecule has 1 unspecified atom stereocenters. The third kappa shape index (κ3) is 2.14. The molecular weight excluding hydrogens is 259 g/mol. The molecule has 0 spiro atoms. The van der Waals surface area contributed by atoms with Crippen molar-refractivity contribution < 1.29 is 38.9 Å². The summed E-state index contributed by atoms with van der Waals surface area (Å²) in [7, 11) is 0. The molecule has 0 aromatic rings. The van der Waals surface area contributed by atoms with E-state index in [2.05, 4.69) is 11.3 Å². The Balaban J connectivity index is 0.000001000. The first kappa shape index (κ1) is 10.3. The van der Waals surface area contributed by atoms with Crippen molar-refractivity contribution in [3.8, 4) is 0 Å². The van der Waals surface area contributed by atoms with Crippen LogP contribution >= 0.6 is 0 Å². The van der Waals surface area contributed by atoms with E-state index in [0.717, 1.165) is 0 Å². The number of hydrogen-bond acceptors (Lipinski definition) is 3. The molecule has 0 amide bonds. The van der Waals surface area contributed by atoms with Crippen LogP contribution in [0, 0.1) is 5.92 Å². The molecule has 0 saturated heterocycles. The fourth-order valence-corrected chi connectivity index (χ4v) is 0.662. The number of rotatable bonds is 1. The zero-order valence-corrected chi connectivity index (χ0v) is 8.28. The minimum atomic E-state index is -0.563. The van der Waals surface area contributed by atoms with E-state index in [0.29, 0.717) is 0 Å². The Bertz CT molecular complexity index is 208. The number of aliphatic hydroxyl groups is 1. The lowest BCUT2D eigenvalue weighted by Crippen LogP contribution is -3.00. The van der Waals surface area contributed by atoms with Gasteiger partial charge in [-0.2, -0.15) is 0 Å². The molecule has 0 saturated carbocycles. The van der Waals surface area contributed by atoms with Crippen LogP contribution in [0.1, 0.15) is 0 Å². The van der Waals surface area contributed by atoms with Crippen molar-refractivity contribution in [2.45, 2.75) is 0 Å². The molecule has 3 nitrogen and oxygen atoms in total. The molecule has 4 heteroatoms. The second-order valence-corrected chi connectivity index (χ2v) is 1.88. The van der Waals surface area contributed by atoms with E-state index in [-0.39, 0.29) is 24.0 Å². The lowest BCUT2D eigenvalue weighted by atomic mass is 10.1. The molecule has 0 aromatic heterocycles. The molecule has 11 heavy (non-hydrogen) atoms. The van der Waals surface area contributed by atoms with E-state index in [4.69, 9.17) is 5.11 Å². The average Bonchev–Trinajstić information content (AvgIpc) is 1.95. The number of halogens is 1. The second-order valence-electron chi connectivity index (χ2n) is 1.88. The minimum absolute atomic E-state index is 0. The van der Waals surface area contributed by atoms with E-state index in [1.54, 1.807) is 0 Å². The van der Waals surface area contributed by atoms with Crippen LogP contribution in [0.3, 0.4) is 0 Å². The molecule has 1 atom stereocenters. The maximum Gasteiger partial charge on any atom is 0.270 e. The first-order valence-corrected chi connectivity index (χ1v) is 2.81. The third-order valence-corrected chi connectivity index (χ3v) is 1.23. The maximum absolute atomic E-state index is 10.8. The quantitative estimate of drug-likeness (QED) is 0.404. The van der Waals surface area contributed by atoms with Crippen LogP contribution in [0.2, 0.25) is 0 Å². The zero-order chi connectivity index (χ0) is 7.56. The van der Waals surface area contributed by atoms with Gasteiger partial charge in [0.15, 0.2) is 0 Å². The van der Waals surface area contributed by atoms with Crippen LogP contribution < -0.4 is 29.1 Å². The van der Waals surface area contributed by atoms with Crippen molar-refractivity contribution >= 4 is 0 Å². The molecule has 1 rings (SSSR count). The van der Waals surface area contributed by atoms with Crippen molar-refractivity contribution in [2.24, 2.45) is 5.92 Å². The predicted molar refractivity (Wildman–Crippen MR) is 36.4 cm³/mol. The number of allylic oxidation sites excluding steroid dienone is 1. The van der Waals surface area contributed by atoms with Gasteiger partial charge in [-0.05, 0) is 11.8 Å². The fraction of sp³-hybridized carbons (Fsp3) is 0.143. The van der Waals surface area contributed by atoms with Gasteiger partial charge in [-0.1, -0.05) is 6.08 Å². The van der Waals surface area contributed by atoms with Gasteiger partial charge in [-0.15, -0.1) is 6.58 Å². The smallest absolute Gasteiger partial charge is 0.270 e. The number of ether oxygens (including phenoxy) is 1. The largest absolute Gasteiger partial charge is 0.870 e. The van der Waals surface area contributed by atoms with Crippen molar-refractivity contribution in [2.75, 3.05) is 0 Å². The van der Waals surface area contributed by atoms with E-state index >= 15 is 0 Å². The summed E-state index contributed by atoms with van der Waals surface area (Å²) in [6.45, 7) is 3.42. The van der Waals surface area contributed by atoms with Gasteiger partial charge in [0, 0.05) is 5.92 Å². The molecule has 62 valence electrons. The van der Waals surface area contributed by atoms with Crippen LogP contribution in [-0.2, 0) is 4.74 Å². The second kappa shape index (κ2) is 4.27. The Hall–Kier alpha value is -0.650. The van der Waals surface area contributed by atoms with Gasteiger partial charge < -0.3 is 14.9 Å². The first-order chi connectivity index (χ1) is 4.75. The Morgan fingerprint density at radius 2 is 2.36 bits per heavy atom. The minimum Gasteiger partial charge on any atom is -0.870 e. The monoisotopic (exact) mass is 268 g/mol. The summed E-state index contributed by atoms with van der Waals surface area (Å²) < 4.78 is 4.42. The Morgan fingerprint density at radius 1 is 1.73 bits per heavy atom. The van der Waals surface area contributed by atoms with Gasteiger partial charge in [-0.3, -0.25) is 0 Å². The lowest BCUT2D eigenvalue weighted by molar-refractivity contribution is -0.320. The number of hydrogen-bond donors (Lipinski definition) is 1. The van der Waals surface area contributed by atoms with Gasteiger partial charge in [0.1, 0.15) is 0 Å². The maximum atomic E-state index is 10.8. The lowest BCUT2D eigenvalue weighted by Gasteiger charge is -2.21. The van der Waals surface area contributed by atoms with E-state index in [9.17, 15) is 5.11 Å². The highest BCUT2D eigenvalue weighted by molar-refractivity contribution is 5.15. The van der Waals surface area contributed by atoms with Crippen LogP contribution in [-0.4, -0.2) is 5.11 Å². The van der Waals surface area contributed by atoms with Crippen molar-refractivity contribution in [3.63, 3.8) is 0 Å². The van der Waals surface area contributed by atoms with Crippen LogP contribution in [0.4, 0.5) is 0 Å². The summed E-state index contributed by atoms with van der Waals surface area (Å²) in [5.74, 6) is -1.45. The number of aliphatic hydroxyl groups excluding tert-OH is 1. The molecule has 0 radical (unpaired) electrons. The highest BCUT2D eigenvalue weighted by Crippen LogP contribution is 2.16. The van der Waals surface area contributed by atoms with Gasteiger partial charge in [0.2, 0.25) is 24.0 Å². The molecule has 0 fully saturated rings. The summed E-state index contributed by atoms with van der Waals surface area (Å²) in [5, 5.41) is 19.5. The van der Waals surface area contributed by atoms with Gasteiger partial charge in [0.05, 0.1) is 6.26 Å². The van der Waals surface area contributed by atoms with Gasteiger partial charge in [0.25, 0.3) is 5.95 Å². The molecule has 0 bridgehead atoms. The summed E-state index contributed by atoms with van der Waals surface area (Å²) in [4.78, 5) is 0. The van der Waals surface area contributed by atoms with E-state index < -0.39 is 17.6 Å². The Morgan fingerprint density at radius 3 is 2.82 bits per heavy atom. The fourth-order valence-electron chi connectivity index (χ4n) is 0.662. The van der Waals surface area contributed by atoms with E-state index in [1.165, 1.54) is 18.4 Å². The molecule has 0 aromatic carbocycles. The molecule has 1 aliphatic heterocycles. The average molecular weight is 268 g/mol. The van der Waals surface area contributed by atoms with Gasteiger partial charge in [-0.25, -0.2) is 0 Å². The standard InChI is InChI=1S/C7H8O3.H2I/c1-2-5-3-4-10-7(9)6(5)8;/h2-5,8-9H,1H2;1H2/q;+1/p-1. The van der Waals surface area contributed by atoms with Crippen molar-refractivity contribution in [1.82, 2.24) is 0 Å². The third-order valence-electron chi connectivity index (χ3n) is 1.23. The normalized spacial score (nSPS) is 22.0. The van der Waals surface area contributed by atoms with Gasteiger partial charge >= 0.3 is 0 Å². The van der Waals surface area contributed by atoms with Crippen LogP contribution in [0.25, 0.3) is 0 Å². The SMILES string of the molecule is C=CC1C=COC(O)=C1[O-].[IH2+]. The zero-order valence-electron chi connectivity index (χ0n) is 5.73. The summed E-state index contributed by atoms with van der Waals surface area (Å²) in [6.07, 6.45) is 4.23. The molecular formula is C7H9IO3. The highest BCUT2D eigenvalue weighted by atomic mass is 127. The Kier molecular flexibility index (Phi) is 4.02. The topological polar surface area (TPSA) is 52.5 Å². The first-order valence-electron chi connectivity index (χ1n) is 2.81. The van der Waals surface area contributed by atoms with Crippen LogP contribution in [0.5, 0.6) is 0 Å². The molecule has 1 heterocycles. The summed E-state index contributed by atoms with van der Waals surface area (Å²) in [5.41, 5.74) is 0. The van der Waals surface area contributed by atoms with Crippen LogP contribution in [0.15, 0.2) is 36.7 Å². The predicted octanol–water partition coefficient (Wildman–Crippen LogP) is -3.11. The van der Waals surface area contributed by atoms with E-state index in [1.807, 2.05) is 0 Å². The summed E-state index contributed by atoms with van der Waals surface area (Å²) in [6, 6.07) is 0. The molecule has 1 N–H and O–H groups in total. The Labute approximate surface area is 81.7 Å². The molecule has 1 aliphatic rings.